The molecule has 5 nitrogen and oxygen atoms in total. The van der Waals surface area contributed by atoms with Crippen LogP contribution in [0.25, 0.3) is 0 Å². The van der Waals surface area contributed by atoms with Crippen LogP contribution in [0.2, 0.25) is 0 Å². The number of amides is 1. The van der Waals surface area contributed by atoms with Gasteiger partial charge >= 0.3 is 0 Å². The van der Waals surface area contributed by atoms with Crippen molar-refractivity contribution in [3.05, 3.63) is 48.3 Å². The molecule has 128 valence electrons. The summed E-state index contributed by atoms with van der Waals surface area (Å²) in [6.07, 6.45) is 2.63. The fraction of sp³-hybridized carbons (Fsp3) is 0.368. The minimum atomic E-state index is -0.153. The number of nitrogens with one attached hydrogen (secondary N) is 2. The van der Waals surface area contributed by atoms with E-state index in [-0.39, 0.29) is 18.1 Å². The minimum Gasteiger partial charge on any atom is -0.489 e. The van der Waals surface area contributed by atoms with E-state index in [4.69, 9.17) is 4.74 Å². The molecule has 1 aromatic heterocycles. The van der Waals surface area contributed by atoms with Gasteiger partial charge in [0.25, 0.3) is 5.91 Å². The van der Waals surface area contributed by atoms with Gasteiger partial charge in [-0.05, 0) is 51.5 Å². The molecule has 0 saturated carbocycles. The Balaban J connectivity index is 2.08. The SMILES string of the molecule is CCC(C)NC(=O)c1ccc(Nc2ccccc2OC(C)C)cn1. The minimum absolute atomic E-state index is 0.0951. The molecule has 0 aliphatic rings. The summed E-state index contributed by atoms with van der Waals surface area (Å²) in [7, 11) is 0. The lowest BCUT2D eigenvalue weighted by atomic mass is 10.2. The van der Waals surface area contributed by atoms with Crippen LogP contribution in [0, 0.1) is 0 Å². The Kier molecular flexibility index (Phi) is 6.18. The molecule has 0 spiro atoms. The fourth-order valence-corrected chi connectivity index (χ4v) is 2.08. The van der Waals surface area contributed by atoms with Crippen molar-refractivity contribution in [1.29, 1.82) is 0 Å². The lowest BCUT2D eigenvalue weighted by Crippen LogP contribution is -2.32. The van der Waals surface area contributed by atoms with Crippen LogP contribution in [0.3, 0.4) is 0 Å². The van der Waals surface area contributed by atoms with Gasteiger partial charge in [-0.25, -0.2) is 4.98 Å². The first kappa shape index (κ1) is 17.8. The molecule has 2 aromatic rings. The first-order valence-corrected chi connectivity index (χ1v) is 8.29. The second-order valence-corrected chi connectivity index (χ2v) is 6.00. The predicted octanol–water partition coefficient (Wildman–Crippen LogP) is 4.14. The summed E-state index contributed by atoms with van der Waals surface area (Å²) < 4.78 is 5.79. The third kappa shape index (κ3) is 4.98. The van der Waals surface area contributed by atoms with Gasteiger partial charge in [-0.3, -0.25) is 4.79 Å². The normalized spacial score (nSPS) is 11.9. The quantitative estimate of drug-likeness (QED) is 0.802. The number of para-hydroxylation sites is 2. The third-order valence-electron chi connectivity index (χ3n) is 3.51. The highest BCUT2D eigenvalue weighted by molar-refractivity contribution is 5.92. The van der Waals surface area contributed by atoms with E-state index in [1.54, 1.807) is 12.3 Å². The first-order valence-electron chi connectivity index (χ1n) is 8.29. The lowest BCUT2D eigenvalue weighted by Gasteiger charge is -2.15. The number of carbonyl (C=O) groups excluding carboxylic acids is 1. The molecule has 24 heavy (non-hydrogen) atoms. The predicted molar refractivity (Wildman–Crippen MR) is 96.9 cm³/mol. The van der Waals surface area contributed by atoms with E-state index in [0.717, 1.165) is 23.5 Å². The number of benzene rings is 1. The standard InChI is InChI=1S/C19H25N3O2/c1-5-14(4)21-19(23)17-11-10-15(12-20-17)22-16-8-6-7-9-18(16)24-13(2)3/h6-14,22H,5H2,1-4H3,(H,21,23). The van der Waals surface area contributed by atoms with Gasteiger partial charge < -0.3 is 15.4 Å². The molecule has 0 radical (unpaired) electrons. The lowest BCUT2D eigenvalue weighted by molar-refractivity contribution is 0.0934. The Bertz CT molecular complexity index is 669. The number of hydrogen-bond donors (Lipinski definition) is 2. The van der Waals surface area contributed by atoms with Crippen LogP contribution >= 0.6 is 0 Å². The molecule has 5 heteroatoms. The largest absolute Gasteiger partial charge is 0.489 e. The molecule has 0 saturated heterocycles. The van der Waals surface area contributed by atoms with Crippen molar-refractivity contribution in [2.24, 2.45) is 0 Å². The molecule has 1 unspecified atom stereocenters. The van der Waals surface area contributed by atoms with Crippen LogP contribution in [-0.2, 0) is 0 Å². The van der Waals surface area contributed by atoms with E-state index in [1.807, 2.05) is 58.0 Å². The number of nitrogens with zero attached hydrogens (tertiary/aromatic N) is 1. The second kappa shape index (κ2) is 8.34. The summed E-state index contributed by atoms with van der Waals surface area (Å²) in [5.41, 5.74) is 2.08. The van der Waals surface area contributed by atoms with E-state index < -0.39 is 0 Å². The molecule has 1 amide bonds. The van der Waals surface area contributed by atoms with Crippen molar-refractivity contribution in [3.63, 3.8) is 0 Å². The number of pyridine rings is 1. The molecule has 0 fully saturated rings. The molecule has 2 N–H and O–H groups in total. The molecule has 1 atom stereocenters. The van der Waals surface area contributed by atoms with Crippen LogP contribution in [0.4, 0.5) is 11.4 Å². The highest BCUT2D eigenvalue weighted by atomic mass is 16.5. The van der Waals surface area contributed by atoms with E-state index in [1.165, 1.54) is 0 Å². The number of aromatic nitrogens is 1. The van der Waals surface area contributed by atoms with Crippen molar-refractivity contribution in [3.8, 4) is 5.75 Å². The molecule has 0 aliphatic carbocycles. The van der Waals surface area contributed by atoms with Gasteiger partial charge in [0, 0.05) is 6.04 Å². The number of rotatable bonds is 7. The van der Waals surface area contributed by atoms with Crippen molar-refractivity contribution in [2.75, 3.05) is 5.32 Å². The van der Waals surface area contributed by atoms with Gasteiger partial charge in [0.05, 0.1) is 23.7 Å². The van der Waals surface area contributed by atoms with E-state index >= 15 is 0 Å². The van der Waals surface area contributed by atoms with Crippen LogP contribution in [0.1, 0.15) is 44.6 Å². The molecule has 0 aliphatic heterocycles. The fourth-order valence-electron chi connectivity index (χ4n) is 2.08. The van der Waals surface area contributed by atoms with Crippen molar-refractivity contribution < 1.29 is 9.53 Å². The molecule has 2 rings (SSSR count). The smallest absolute Gasteiger partial charge is 0.270 e. The topological polar surface area (TPSA) is 63.2 Å². The summed E-state index contributed by atoms with van der Waals surface area (Å²) in [6, 6.07) is 11.4. The average Bonchev–Trinajstić information content (AvgIpc) is 2.56. The van der Waals surface area contributed by atoms with E-state index in [2.05, 4.69) is 15.6 Å². The third-order valence-corrected chi connectivity index (χ3v) is 3.51. The highest BCUT2D eigenvalue weighted by Gasteiger charge is 2.10. The molecule has 0 bridgehead atoms. The van der Waals surface area contributed by atoms with Gasteiger partial charge in [0.15, 0.2) is 0 Å². The van der Waals surface area contributed by atoms with Gasteiger partial charge in [-0.1, -0.05) is 19.1 Å². The molecule has 1 heterocycles. The van der Waals surface area contributed by atoms with Crippen molar-refractivity contribution in [2.45, 2.75) is 46.3 Å². The molecule has 1 aromatic carbocycles. The maximum atomic E-state index is 12.0. The average molecular weight is 327 g/mol. The van der Waals surface area contributed by atoms with Crippen LogP contribution in [0.5, 0.6) is 5.75 Å². The Morgan fingerprint density at radius 3 is 2.54 bits per heavy atom. The number of ether oxygens (including phenoxy) is 1. The second-order valence-electron chi connectivity index (χ2n) is 6.00. The Labute approximate surface area is 143 Å². The van der Waals surface area contributed by atoms with Crippen LogP contribution in [-0.4, -0.2) is 23.0 Å². The maximum Gasteiger partial charge on any atom is 0.270 e. The van der Waals surface area contributed by atoms with Gasteiger partial charge in [0.1, 0.15) is 11.4 Å². The van der Waals surface area contributed by atoms with E-state index in [9.17, 15) is 4.79 Å². The van der Waals surface area contributed by atoms with Crippen LogP contribution in [0.15, 0.2) is 42.6 Å². The highest BCUT2D eigenvalue weighted by Crippen LogP contribution is 2.28. The Morgan fingerprint density at radius 1 is 1.17 bits per heavy atom. The molecular formula is C19H25N3O2. The zero-order valence-electron chi connectivity index (χ0n) is 14.7. The summed E-state index contributed by atoms with van der Waals surface area (Å²) in [5.74, 6) is 0.630. The van der Waals surface area contributed by atoms with E-state index in [0.29, 0.717) is 5.69 Å². The monoisotopic (exact) mass is 327 g/mol. The van der Waals surface area contributed by atoms with Crippen molar-refractivity contribution in [1.82, 2.24) is 10.3 Å². The zero-order chi connectivity index (χ0) is 17.5. The molecular weight excluding hydrogens is 302 g/mol. The summed E-state index contributed by atoms with van der Waals surface area (Å²) in [6.45, 7) is 7.98. The van der Waals surface area contributed by atoms with Gasteiger partial charge in [-0.2, -0.15) is 0 Å². The van der Waals surface area contributed by atoms with Gasteiger partial charge in [-0.15, -0.1) is 0 Å². The number of anilines is 2. The summed E-state index contributed by atoms with van der Waals surface area (Å²) in [5, 5.41) is 6.18. The summed E-state index contributed by atoms with van der Waals surface area (Å²) in [4.78, 5) is 16.3. The Morgan fingerprint density at radius 2 is 1.92 bits per heavy atom. The van der Waals surface area contributed by atoms with Crippen LogP contribution < -0.4 is 15.4 Å². The maximum absolute atomic E-state index is 12.0. The van der Waals surface area contributed by atoms with Gasteiger partial charge in [0.2, 0.25) is 0 Å². The number of carbonyl (C=O) groups is 1. The summed E-state index contributed by atoms with van der Waals surface area (Å²) >= 11 is 0. The Hall–Kier alpha value is -2.56. The van der Waals surface area contributed by atoms with Crippen molar-refractivity contribution >= 4 is 17.3 Å². The zero-order valence-corrected chi connectivity index (χ0v) is 14.7. The first-order chi connectivity index (χ1) is 11.5. The number of hydrogen-bond acceptors (Lipinski definition) is 4.